The standard InChI is InChI=1S/C22H24N2O4S/c1-13-7-9-17(10-8-13)29-21-14(2)23-24(15(21)3)22(25)16-11-18(26-4)20(28-6)19(12-16)27-5/h7-12H,1-6H3. The highest BCUT2D eigenvalue weighted by Gasteiger charge is 2.22. The molecule has 0 aliphatic heterocycles. The molecule has 3 aromatic rings. The molecule has 1 heterocycles. The Morgan fingerprint density at radius 3 is 2.03 bits per heavy atom. The lowest BCUT2D eigenvalue weighted by Crippen LogP contribution is -2.16. The van der Waals surface area contributed by atoms with Crippen LogP contribution in [0.25, 0.3) is 0 Å². The van der Waals surface area contributed by atoms with Crippen molar-refractivity contribution in [1.82, 2.24) is 9.78 Å². The van der Waals surface area contributed by atoms with E-state index in [1.165, 1.54) is 31.6 Å². The average molecular weight is 413 g/mol. The van der Waals surface area contributed by atoms with Crippen LogP contribution in [0.2, 0.25) is 0 Å². The Labute approximate surface area is 174 Å². The second-order valence-corrected chi connectivity index (χ2v) is 7.63. The van der Waals surface area contributed by atoms with E-state index in [0.717, 1.165) is 21.2 Å². The summed E-state index contributed by atoms with van der Waals surface area (Å²) in [5, 5.41) is 4.49. The zero-order valence-corrected chi connectivity index (χ0v) is 18.2. The molecule has 0 N–H and O–H groups in total. The van der Waals surface area contributed by atoms with Crippen molar-refractivity contribution in [3.63, 3.8) is 0 Å². The van der Waals surface area contributed by atoms with E-state index in [0.29, 0.717) is 22.8 Å². The molecule has 3 rings (SSSR count). The first-order valence-electron chi connectivity index (χ1n) is 9.05. The maximum Gasteiger partial charge on any atom is 0.278 e. The predicted octanol–water partition coefficient (Wildman–Crippen LogP) is 4.67. The van der Waals surface area contributed by atoms with Crippen LogP contribution in [0.4, 0.5) is 0 Å². The maximum absolute atomic E-state index is 13.2. The summed E-state index contributed by atoms with van der Waals surface area (Å²) >= 11 is 1.60. The number of carbonyl (C=O) groups excluding carboxylic acids is 1. The number of aryl methyl sites for hydroxylation is 2. The highest BCUT2D eigenvalue weighted by molar-refractivity contribution is 7.99. The molecule has 2 aromatic carbocycles. The fourth-order valence-electron chi connectivity index (χ4n) is 3.02. The second kappa shape index (κ2) is 8.61. The summed E-state index contributed by atoms with van der Waals surface area (Å²) < 4.78 is 17.5. The Kier molecular flexibility index (Phi) is 6.17. The molecule has 0 bridgehead atoms. The molecule has 0 saturated heterocycles. The molecule has 0 saturated carbocycles. The van der Waals surface area contributed by atoms with Crippen LogP contribution in [-0.2, 0) is 0 Å². The SMILES string of the molecule is COc1cc(C(=O)n2nc(C)c(Sc3ccc(C)cc3)c2C)cc(OC)c1OC. The Balaban J connectivity index is 1.99. The number of aromatic nitrogens is 2. The zero-order valence-electron chi connectivity index (χ0n) is 17.4. The molecule has 0 unspecified atom stereocenters. The van der Waals surface area contributed by atoms with Crippen LogP contribution in [0, 0.1) is 20.8 Å². The van der Waals surface area contributed by atoms with Crippen LogP contribution >= 0.6 is 11.8 Å². The van der Waals surface area contributed by atoms with Gasteiger partial charge in [-0.2, -0.15) is 9.78 Å². The second-order valence-electron chi connectivity index (χ2n) is 6.55. The minimum Gasteiger partial charge on any atom is -0.493 e. The molecule has 152 valence electrons. The van der Waals surface area contributed by atoms with Crippen LogP contribution in [0.1, 0.15) is 27.3 Å². The lowest BCUT2D eigenvalue weighted by atomic mass is 10.1. The van der Waals surface area contributed by atoms with Crippen molar-refractivity contribution in [1.29, 1.82) is 0 Å². The molecule has 6 nitrogen and oxygen atoms in total. The van der Waals surface area contributed by atoms with Gasteiger partial charge in [0, 0.05) is 10.5 Å². The van der Waals surface area contributed by atoms with Crippen molar-refractivity contribution in [2.45, 2.75) is 30.6 Å². The van der Waals surface area contributed by atoms with Crippen LogP contribution < -0.4 is 14.2 Å². The molecule has 7 heteroatoms. The number of benzene rings is 2. The number of hydrogen-bond donors (Lipinski definition) is 0. The average Bonchev–Trinajstić information content (AvgIpc) is 3.01. The van der Waals surface area contributed by atoms with Gasteiger partial charge in [0.15, 0.2) is 11.5 Å². The van der Waals surface area contributed by atoms with Gasteiger partial charge in [0.25, 0.3) is 5.91 Å². The van der Waals surface area contributed by atoms with E-state index in [1.807, 2.05) is 13.8 Å². The monoisotopic (exact) mass is 412 g/mol. The van der Waals surface area contributed by atoms with E-state index in [9.17, 15) is 4.79 Å². The highest BCUT2D eigenvalue weighted by Crippen LogP contribution is 2.39. The van der Waals surface area contributed by atoms with Gasteiger partial charge in [-0.25, -0.2) is 0 Å². The number of hydrogen-bond acceptors (Lipinski definition) is 6. The molecule has 0 amide bonds. The van der Waals surface area contributed by atoms with E-state index in [1.54, 1.807) is 23.9 Å². The van der Waals surface area contributed by atoms with Crippen LogP contribution in [-0.4, -0.2) is 37.0 Å². The number of nitrogens with zero attached hydrogens (tertiary/aromatic N) is 2. The molecule has 0 aliphatic rings. The summed E-state index contributed by atoms with van der Waals surface area (Å²) in [6.45, 7) is 5.86. The highest BCUT2D eigenvalue weighted by atomic mass is 32.2. The summed E-state index contributed by atoms with van der Waals surface area (Å²) in [5.41, 5.74) is 3.19. The first-order valence-corrected chi connectivity index (χ1v) is 9.86. The third-order valence-electron chi connectivity index (χ3n) is 4.57. The molecule has 1 aromatic heterocycles. The summed E-state index contributed by atoms with van der Waals surface area (Å²) in [6, 6.07) is 11.5. The van der Waals surface area contributed by atoms with Gasteiger partial charge >= 0.3 is 0 Å². The Bertz CT molecular complexity index is 1020. The third-order valence-corrected chi connectivity index (χ3v) is 5.87. The summed E-state index contributed by atoms with van der Waals surface area (Å²) in [5.74, 6) is 1.02. The largest absolute Gasteiger partial charge is 0.493 e. The van der Waals surface area contributed by atoms with Crippen LogP contribution in [0.3, 0.4) is 0 Å². The van der Waals surface area contributed by atoms with Crippen molar-refractivity contribution in [2.24, 2.45) is 0 Å². The van der Waals surface area contributed by atoms with Crippen molar-refractivity contribution < 1.29 is 19.0 Å². The zero-order chi connectivity index (χ0) is 21.1. The first-order chi connectivity index (χ1) is 13.9. The topological polar surface area (TPSA) is 62.6 Å². The number of carbonyl (C=O) groups is 1. The van der Waals surface area contributed by atoms with Crippen molar-refractivity contribution in [3.05, 3.63) is 58.9 Å². The van der Waals surface area contributed by atoms with E-state index >= 15 is 0 Å². The fraction of sp³-hybridized carbons (Fsp3) is 0.273. The van der Waals surface area contributed by atoms with E-state index in [4.69, 9.17) is 14.2 Å². The van der Waals surface area contributed by atoms with Gasteiger partial charge in [0.2, 0.25) is 5.75 Å². The van der Waals surface area contributed by atoms with Crippen molar-refractivity contribution >= 4 is 17.7 Å². The molecular formula is C22H24N2O4S. The smallest absolute Gasteiger partial charge is 0.278 e. The Morgan fingerprint density at radius 1 is 0.931 bits per heavy atom. The number of methoxy groups -OCH3 is 3. The minimum atomic E-state index is -0.263. The van der Waals surface area contributed by atoms with Crippen molar-refractivity contribution in [2.75, 3.05) is 21.3 Å². The van der Waals surface area contributed by atoms with Gasteiger partial charge < -0.3 is 14.2 Å². The normalized spacial score (nSPS) is 10.7. The van der Waals surface area contributed by atoms with Gasteiger partial charge in [0.05, 0.1) is 37.6 Å². The van der Waals surface area contributed by atoms with Gasteiger partial charge in [-0.1, -0.05) is 29.5 Å². The molecule has 29 heavy (non-hydrogen) atoms. The Morgan fingerprint density at radius 2 is 1.52 bits per heavy atom. The summed E-state index contributed by atoms with van der Waals surface area (Å²) in [7, 11) is 4.56. The lowest BCUT2D eigenvalue weighted by Gasteiger charge is -2.14. The molecular weight excluding hydrogens is 388 g/mol. The third kappa shape index (κ3) is 4.10. The molecule has 0 fully saturated rings. The molecule has 0 spiro atoms. The first kappa shape index (κ1) is 20.8. The summed E-state index contributed by atoms with van der Waals surface area (Å²) in [4.78, 5) is 15.3. The van der Waals surface area contributed by atoms with Gasteiger partial charge in [0.1, 0.15) is 0 Å². The maximum atomic E-state index is 13.2. The van der Waals surface area contributed by atoms with Gasteiger partial charge in [-0.3, -0.25) is 4.79 Å². The van der Waals surface area contributed by atoms with Crippen LogP contribution in [0.5, 0.6) is 17.2 Å². The predicted molar refractivity (Wildman–Crippen MR) is 113 cm³/mol. The lowest BCUT2D eigenvalue weighted by molar-refractivity contribution is 0.0941. The number of rotatable bonds is 6. The van der Waals surface area contributed by atoms with E-state index < -0.39 is 0 Å². The van der Waals surface area contributed by atoms with Gasteiger partial charge in [-0.15, -0.1) is 0 Å². The van der Waals surface area contributed by atoms with E-state index in [-0.39, 0.29) is 5.91 Å². The molecule has 0 radical (unpaired) electrons. The fourth-order valence-corrected chi connectivity index (χ4v) is 3.96. The Hall–Kier alpha value is -2.93. The van der Waals surface area contributed by atoms with E-state index in [2.05, 4.69) is 36.3 Å². The molecule has 0 aliphatic carbocycles. The summed E-state index contributed by atoms with van der Waals surface area (Å²) in [6.07, 6.45) is 0. The van der Waals surface area contributed by atoms with Gasteiger partial charge in [-0.05, 0) is 45.0 Å². The van der Waals surface area contributed by atoms with Crippen molar-refractivity contribution in [3.8, 4) is 17.2 Å². The minimum absolute atomic E-state index is 0.263. The number of ether oxygens (including phenoxy) is 3. The van der Waals surface area contributed by atoms with Crippen LogP contribution in [0.15, 0.2) is 46.2 Å². The molecule has 0 atom stereocenters. The quantitative estimate of drug-likeness (QED) is 0.586.